The van der Waals surface area contributed by atoms with Crippen LogP contribution in [0.4, 0.5) is 4.39 Å². The van der Waals surface area contributed by atoms with Crippen molar-refractivity contribution in [3.63, 3.8) is 0 Å². The first-order chi connectivity index (χ1) is 14.9. The number of fused-ring (bicyclic) bond motifs is 1. The van der Waals surface area contributed by atoms with Gasteiger partial charge in [-0.3, -0.25) is 4.90 Å². The van der Waals surface area contributed by atoms with Crippen LogP contribution in [0.15, 0.2) is 28.5 Å². The van der Waals surface area contributed by atoms with Crippen molar-refractivity contribution in [3.8, 4) is 0 Å². The van der Waals surface area contributed by atoms with Crippen molar-refractivity contribution < 1.29 is 22.3 Å². The summed E-state index contributed by atoms with van der Waals surface area (Å²) in [5, 5.41) is 0. The maximum atomic E-state index is 13.8. The molecule has 2 aromatic rings. The minimum absolute atomic E-state index is 0.000491. The molecule has 0 bridgehead atoms. The number of sulfonamides is 1. The molecule has 1 N–H and O–H groups in total. The van der Waals surface area contributed by atoms with Gasteiger partial charge in [-0.05, 0) is 42.2 Å². The summed E-state index contributed by atoms with van der Waals surface area (Å²) in [5.41, 5.74) is 1.38. The largest absolute Gasteiger partial charge is 0.465 e. The zero-order valence-electron chi connectivity index (χ0n) is 17.2. The van der Waals surface area contributed by atoms with Crippen molar-refractivity contribution in [3.05, 3.63) is 51.7 Å². The van der Waals surface area contributed by atoms with E-state index in [1.54, 1.807) is 18.2 Å². The molecule has 0 aliphatic carbocycles. The molecule has 2 aliphatic heterocycles. The highest BCUT2D eigenvalue weighted by Gasteiger charge is 2.35. The van der Waals surface area contributed by atoms with Gasteiger partial charge in [0.1, 0.15) is 10.0 Å². The molecule has 6 nitrogen and oxygen atoms in total. The molecule has 0 amide bonds. The third-order valence-electron chi connectivity index (χ3n) is 5.75. The summed E-state index contributed by atoms with van der Waals surface area (Å²) in [7, 11) is -2.67. The van der Waals surface area contributed by atoms with Gasteiger partial charge in [-0.25, -0.2) is 22.3 Å². The Hall–Kier alpha value is -1.46. The van der Waals surface area contributed by atoms with Gasteiger partial charge in [0.25, 0.3) is 10.0 Å². The Balaban J connectivity index is 1.56. The summed E-state index contributed by atoms with van der Waals surface area (Å²) in [6.45, 7) is 1.50. The molecule has 1 fully saturated rings. The smallest absolute Gasteiger partial charge is 0.340 e. The van der Waals surface area contributed by atoms with Gasteiger partial charge >= 0.3 is 5.97 Å². The maximum Gasteiger partial charge on any atom is 0.340 e. The number of rotatable bonds is 7. The van der Waals surface area contributed by atoms with Crippen LogP contribution in [0.2, 0.25) is 0 Å². The van der Waals surface area contributed by atoms with Crippen LogP contribution in [0.3, 0.4) is 0 Å². The van der Waals surface area contributed by atoms with E-state index in [-0.39, 0.29) is 28.6 Å². The zero-order valence-corrected chi connectivity index (χ0v) is 19.7. The predicted octanol–water partition coefficient (Wildman–Crippen LogP) is 3.06. The molecule has 31 heavy (non-hydrogen) atoms. The average Bonchev–Trinajstić information content (AvgIpc) is 3.42. The first kappa shape index (κ1) is 22.7. The number of ether oxygens (including phenoxy) is 1. The number of esters is 1. The van der Waals surface area contributed by atoms with E-state index < -0.39 is 16.0 Å². The zero-order chi connectivity index (χ0) is 22.0. The van der Waals surface area contributed by atoms with Crippen molar-refractivity contribution >= 4 is 39.1 Å². The summed E-state index contributed by atoms with van der Waals surface area (Å²) in [6, 6.07) is 6.78. The average molecular weight is 485 g/mol. The third-order valence-corrected chi connectivity index (χ3v) is 10.1. The molecule has 4 rings (SSSR count). The Kier molecular flexibility index (Phi) is 7.02. The number of nitrogens with zero attached hydrogens (tertiary/aromatic N) is 1. The summed E-state index contributed by atoms with van der Waals surface area (Å²) in [5.74, 6) is 1.25. The van der Waals surface area contributed by atoms with Crippen LogP contribution in [0.1, 0.15) is 32.8 Å². The number of halogens is 1. The van der Waals surface area contributed by atoms with Crippen LogP contribution >= 0.6 is 23.1 Å². The van der Waals surface area contributed by atoms with Crippen molar-refractivity contribution in [1.82, 2.24) is 9.62 Å². The number of carbonyl (C=O) groups excluding carboxylic acids is 1. The fourth-order valence-corrected chi connectivity index (χ4v) is 8.34. The maximum absolute atomic E-state index is 13.8. The number of benzene rings is 1. The molecule has 1 saturated heterocycles. The number of nitrogens with one attached hydrogen (secondary N) is 1. The van der Waals surface area contributed by atoms with Crippen LogP contribution in [-0.4, -0.2) is 57.0 Å². The van der Waals surface area contributed by atoms with Crippen LogP contribution in [-0.2, 0) is 34.1 Å². The molecule has 1 atom stereocenters. The first-order valence-electron chi connectivity index (χ1n) is 10.2. The molecule has 1 unspecified atom stereocenters. The van der Waals surface area contributed by atoms with Crippen LogP contribution in [0, 0.1) is 5.82 Å². The van der Waals surface area contributed by atoms with Gasteiger partial charge in [-0.1, -0.05) is 18.2 Å². The van der Waals surface area contributed by atoms with Crippen molar-refractivity contribution in [2.45, 2.75) is 36.1 Å². The summed E-state index contributed by atoms with van der Waals surface area (Å²) >= 11 is 3.09. The predicted molar refractivity (Wildman–Crippen MR) is 121 cm³/mol. The van der Waals surface area contributed by atoms with E-state index in [4.69, 9.17) is 4.74 Å². The van der Waals surface area contributed by atoms with Gasteiger partial charge < -0.3 is 4.74 Å². The van der Waals surface area contributed by atoms with Crippen LogP contribution < -0.4 is 4.72 Å². The number of methoxy groups -OCH3 is 1. The van der Waals surface area contributed by atoms with E-state index in [2.05, 4.69) is 9.62 Å². The van der Waals surface area contributed by atoms with E-state index in [0.29, 0.717) is 24.6 Å². The topological polar surface area (TPSA) is 75.7 Å². The number of hydrogen-bond donors (Lipinski definition) is 1. The summed E-state index contributed by atoms with van der Waals surface area (Å²) < 4.78 is 47.5. The molecular weight excluding hydrogens is 459 g/mol. The molecule has 2 aliphatic rings. The Bertz CT molecular complexity index is 1060. The van der Waals surface area contributed by atoms with Crippen molar-refractivity contribution in [1.29, 1.82) is 0 Å². The highest BCUT2D eigenvalue weighted by atomic mass is 32.2. The monoisotopic (exact) mass is 484 g/mol. The lowest BCUT2D eigenvalue weighted by Gasteiger charge is -2.31. The highest BCUT2D eigenvalue weighted by molar-refractivity contribution is 7.99. The molecule has 1 aromatic carbocycles. The molecule has 0 saturated carbocycles. The Labute approximate surface area is 190 Å². The number of thioether (sulfide) groups is 1. The lowest BCUT2D eigenvalue weighted by molar-refractivity contribution is 0.0595. The molecule has 3 heterocycles. The standard InChI is InChI=1S/C21H25FN2O4S3/c1-28-20(25)19-16-7-10-24(15-8-11-29-13-15)12-18(16)30-21(19)31(26,27)23-9-6-14-4-2-3-5-17(14)22/h2-5,15,23H,6-13H2,1H3. The van der Waals surface area contributed by atoms with Gasteiger partial charge in [-0.15, -0.1) is 11.3 Å². The third kappa shape index (κ3) is 4.83. The second kappa shape index (κ2) is 9.58. The van der Waals surface area contributed by atoms with Gasteiger partial charge in [-0.2, -0.15) is 11.8 Å². The van der Waals surface area contributed by atoms with E-state index in [1.807, 2.05) is 11.8 Å². The number of carbonyl (C=O) groups is 1. The van der Waals surface area contributed by atoms with Gasteiger partial charge in [0.15, 0.2) is 0 Å². The highest BCUT2D eigenvalue weighted by Crippen LogP contribution is 2.38. The lowest BCUT2D eigenvalue weighted by Crippen LogP contribution is -2.39. The minimum atomic E-state index is -3.94. The SMILES string of the molecule is COC(=O)c1c(S(=O)(=O)NCCc2ccccc2F)sc2c1CCN(C1CCSC1)C2. The molecular formula is C21H25FN2O4S3. The van der Waals surface area contributed by atoms with Gasteiger partial charge in [0, 0.05) is 36.3 Å². The van der Waals surface area contributed by atoms with Gasteiger partial charge in [0.2, 0.25) is 0 Å². The normalized spacial score (nSPS) is 19.4. The van der Waals surface area contributed by atoms with Crippen molar-refractivity contribution in [2.24, 2.45) is 0 Å². The number of hydrogen-bond acceptors (Lipinski definition) is 7. The van der Waals surface area contributed by atoms with Gasteiger partial charge in [0.05, 0.1) is 12.7 Å². The fourth-order valence-electron chi connectivity index (χ4n) is 4.10. The minimum Gasteiger partial charge on any atom is -0.465 e. The van der Waals surface area contributed by atoms with Crippen LogP contribution in [0.25, 0.3) is 0 Å². The first-order valence-corrected chi connectivity index (χ1v) is 13.6. The van der Waals surface area contributed by atoms with E-state index in [1.165, 1.54) is 13.2 Å². The van der Waals surface area contributed by atoms with Crippen molar-refractivity contribution in [2.75, 3.05) is 31.7 Å². The summed E-state index contributed by atoms with van der Waals surface area (Å²) in [4.78, 5) is 15.8. The molecule has 1 aromatic heterocycles. The van der Waals surface area contributed by atoms with E-state index in [0.717, 1.165) is 46.2 Å². The Morgan fingerprint density at radius 3 is 2.87 bits per heavy atom. The molecule has 0 radical (unpaired) electrons. The second-order valence-electron chi connectivity index (χ2n) is 7.63. The fraction of sp³-hybridized carbons (Fsp3) is 0.476. The van der Waals surface area contributed by atoms with E-state index in [9.17, 15) is 17.6 Å². The Morgan fingerprint density at radius 2 is 2.16 bits per heavy atom. The summed E-state index contributed by atoms with van der Waals surface area (Å²) in [6.07, 6.45) is 1.98. The second-order valence-corrected chi connectivity index (χ2v) is 11.9. The van der Waals surface area contributed by atoms with E-state index >= 15 is 0 Å². The molecule has 0 spiro atoms. The lowest BCUT2D eigenvalue weighted by atomic mass is 10.0. The quantitative estimate of drug-likeness (QED) is 0.609. The Morgan fingerprint density at radius 1 is 1.35 bits per heavy atom. The molecule has 168 valence electrons. The molecule has 10 heteroatoms. The van der Waals surface area contributed by atoms with Crippen LogP contribution in [0.5, 0.6) is 0 Å². The number of thiophene rings is 1.